The summed E-state index contributed by atoms with van der Waals surface area (Å²) < 4.78 is 29.2. The van der Waals surface area contributed by atoms with Gasteiger partial charge in [0.25, 0.3) is 5.56 Å². The minimum Gasteiger partial charge on any atom is -0.352 e. The van der Waals surface area contributed by atoms with Crippen molar-refractivity contribution in [2.75, 3.05) is 18.0 Å². The highest BCUT2D eigenvalue weighted by Gasteiger charge is 2.29. The van der Waals surface area contributed by atoms with E-state index in [1.54, 1.807) is 4.57 Å². The smallest absolute Gasteiger partial charge is 0.273 e. The lowest BCUT2D eigenvalue weighted by Gasteiger charge is -2.34. The van der Waals surface area contributed by atoms with Crippen molar-refractivity contribution in [3.63, 3.8) is 0 Å². The first-order chi connectivity index (χ1) is 17.0. The third kappa shape index (κ3) is 5.09. The molecule has 6 nitrogen and oxygen atoms in total. The number of thiophene rings is 1. The number of hydrogen-bond acceptors (Lipinski definition) is 5. The van der Waals surface area contributed by atoms with Crippen molar-refractivity contribution in [1.82, 2.24) is 14.9 Å². The van der Waals surface area contributed by atoms with Crippen LogP contribution in [-0.4, -0.2) is 28.5 Å². The van der Waals surface area contributed by atoms with Crippen molar-refractivity contribution >= 4 is 33.4 Å². The van der Waals surface area contributed by atoms with E-state index in [1.165, 1.54) is 23.5 Å². The Morgan fingerprint density at radius 3 is 2.63 bits per heavy atom. The fraction of sp³-hybridized carbons (Fsp3) is 0.269. The second-order valence-corrected chi connectivity index (χ2v) is 9.62. The molecule has 2 aromatic carbocycles. The summed E-state index contributed by atoms with van der Waals surface area (Å²) in [6, 6.07) is 14.8. The molecule has 9 heteroatoms. The molecule has 1 amide bonds. The van der Waals surface area contributed by atoms with Crippen LogP contribution in [0.25, 0.3) is 10.2 Å². The van der Waals surface area contributed by atoms with E-state index in [-0.39, 0.29) is 23.9 Å². The lowest BCUT2D eigenvalue weighted by atomic mass is 9.97. The predicted octanol–water partition coefficient (Wildman–Crippen LogP) is 4.32. The highest BCUT2D eigenvalue weighted by atomic mass is 32.1. The summed E-state index contributed by atoms with van der Waals surface area (Å²) >= 11 is 1.37. The van der Waals surface area contributed by atoms with Crippen LogP contribution in [0.3, 0.4) is 0 Å². The quantitative estimate of drug-likeness (QED) is 0.434. The van der Waals surface area contributed by atoms with Crippen LogP contribution < -0.4 is 15.8 Å². The van der Waals surface area contributed by atoms with Gasteiger partial charge in [-0.2, -0.15) is 0 Å². The standard InChI is InChI=1S/C26H24F2N4O2S/c27-20-11-18(12-21(28)13-20)14-29-24(33)19-7-4-9-31(16-19)26-30-22-8-10-35-23(22)25(34)32(26)15-17-5-2-1-3-6-17/h1-3,5-6,8,10-13,19H,4,7,9,14-16H2,(H,29,33)/t19-/m1/s1. The SMILES string of the molecule is O=C(NCc1cc(F)cc(F)c1)[C@@H]1CCCN(c2nc3ccsc3c(=O)n2Cc2ccccc2)C1. The number of amides is 1. The van der Waals surface area contributed by atoms with Gasteiger partial charge in [-0.1, -0.05) is 30.3 Å². The first-order valence-corrected chi connectivity index (χ1v) is 12.4. The van der Waals surface area contributed by atoms with Crippen molar-refractivity contribution in [1.29, 1.82) is 0 Å². The Balaban J connectivity index is 1.38. The first-order valence-electron chi connectivity index (χ1n) is 11.5. The van der Waals surface area contributed by atoms with E-state index in [1.807, 2.05) is 46.7 Å². The third-order valence-corrected chi connectivity index (χ3v) is 7.08. The van der Waals surface area contributed by atoms with E-state index in [0.29, 0.717) is 47.8 Å². The maximum absolute atomic E-state index is 13.5. The highest BCUT2D eigenvalue weighted by Crippen LogP contribution is 2.25. The predicted molar refractivity (Wildman–Crippen MR) is 133 cm³/mol. The van der Waals surface area contributed by atoms with Crippen LogP contribution in [0, 0.1) is 17.6 Å². The molecule has 180 valence electrons. The Kier molecular flexibility index (Phi) is 6.59. The average Bonchev–Trinajstić information content (AvgIpc) is 3.33. The molecule has 1 N–H and O–H groups in total. The van der Waals surface area contributed by atoms with Crippen LogP contribution in [0.15, 0.2) is 64.8 Å². The molecule has 1 atom stereocenters. The van der Waals surface area contributed by atoms with E-state index < -0.39 is 11.6 Å². The van der Waals surface area contributed by atoms with Crippen LogP contribution in [0.5, 0.6) is 0 Å². The number of piperidine rings is 1. The molecule has 1 fully saturated rings. The Hall–Kier alpha value is -3.59. The molecule has 0 spiro atoms. The Morgan fingerprint density at radius 1 is 1.09 bits per heavy atom. The number of anilines is 1. The van der Waals surface area contributed by atoms with Crippen LogP contribution in [0.2, 0.25) is 0 Å². The highest BCUT2D eigenvalue weighted by molar-refractivity contribution is 7.17. The molecule has 4 aromatic rings. The molecular weight excluding hydrogens is 470 g/mol. The van der Waals surface area contributed by atoms with Gasteiger partial charge in [-0.3, -0.25) is 14.2 Å². The van der Waals surface area contributed by atoms with Crippen LogP contribution in [0.1, 0.15) is 24.0 Å². The fourth-order valence-corrected chi connectivity index (χ4v) is 5.28. The summed E-state index contributed by atoms with van der Waals surface area (Å²) in [5.41, 5.74) is 1.91. The van der Waals surface area contributed by atoms with E-state index in [2.05, 4.69) is 5.32 Å². The zero-order chi connectivity index (χ0) is 24.4. The van der Waals surface area contributed by atoms with Crippen molar-refractivity contribution in [2.24, 2.45) is 5.92 Å². The normalized spacial score (nSPS) is 15.9. The van der Waals surface area contributed by atoms with Crippen LogP contribution >= 0.6 is 11.3 Å². The Bertz CT molecular complexity index is 1400. The minimum absolute atomic E-state index is 0.0435. The summed E-state index contributed by atoms with van der Waals surface area (Å²) in [7, 11) is 0. The molecule has 5 rings (SSSR count). The van der Waals surface area contributed by atoms with Gasteiger partial charge in [0.1, 0.15) is 16.3 Å². The van der Waals surface area contributed by atoms with Gasteiger partial charge < -0.3 is 10.2 Å². The molecule has 0 aliphatic carbocycles. The number of halogens is 2. The lowest BCUT2D eigenvalue weighted by molar-refractivity contribution is -0.125. The number of aromatic nitrogens is 2. The topological polar surface area (TPSA) is 67.2 Å². The largest absolute Gasteiger partial charge is 0.352 e. The molecule has 0 bridgehead atoms. The van der Waals surface area contributed by atoms with Gasteiger partial charge in [-0.15, -0.1) is 11.3 Å². The zero-order valence-electron chi connectivity index (χ0n) is 18.9. The lowest BCUT2D eigenvalue weighted by Crippen LogP contribution is -2.45. The van der Waals surface area contributed by atoms with Gasteiger partial charge in [0.05, 0.1) is 18.0 Å². The van der Waals surface area contributed by atoms with Crippen LogP contribution in [0.4, 0.5) is 14.7 Å². The summed E-state index contributed by atoms with van der Waals surface area (Å²) in [6.45, 7) is 1.51. The molecule has 0 unspecified atom stereocenters. The fourth-order valence-electron chi connectivity index (χ4n) is 4.50. The van der Waals surface area contributed by atoms with Gasteiger partial charge in [0.15, 0.2) is 0 Å². The molecule has 1 aliphatic heterocycles. The Labute approximate surface area is 204 Å². The van der Waals surface area contributed by atoms with E-state index in [9.17, 15) is 18.4 Å². The molecule has 2 aromatic heterocycles. The number of hydrogen-bond donors (Lipinski definition) is 1. The minimum atomic E-state index is -0.677. The van der Waals surface area contributed by atoms with Crippen molar-refractivity contribution < 1.29 is 13.6 Å². The van der Waals surface area contributed by atoms with E-state index >= 15 is 0 Å². The summed E-state index contributed by atoms with van der Waals surface area (Å²) in [5, 5.41) is 4.66. The second kappa shape index (κ2) is 9.95. The average molecular weight is 495 g/mol. The summed E-state index contributed by atoms with van der Waals surface area (Å²) in [6.07, 6.45) is 1.44. The zero-order valence-corrected chi connectivity index (χ0v) is 19.7. The number of carbonyl (C=O) groups excluding carboxylic acids is 1. The number of rotatable bonds is 6. The Morgan fingerprint density at radius 2 is 1.86 bits per heavy atom. The third-order valence-electron chi connectivity index (χ3n) is 6.19. The number of fused-ring (bicyclic) bond motifs is 1. The van der Waals surface area contributed by atoms with Crippen molar-refractivity contribution in [3.8, 4) is 0 Å². The van der Waals surface area contributed by atoms with E-state index in [0.717, 1.165) is 18.1 Å². The summed E-state index contributed by atoms with van der Waals surface area (Å²) in [5.74, 6) is -1.32. The van der Waals surface area contributed by atoms with Gasteiger partial charge in [-0.25, -0.2) is 13.8 Å². The van der Waals surface area contributed by atoms with Gasteiger partial charge in [0, 0.05) is 25.7 Å². The van der Waals surface area contributed by atoms with Crippen molar-refractivity contribution in [2.45, 2.75) is 25.9 Å². The maximum Gasteiger partial charge on any atom is 0.273 e. The van der Waals surface area contributed by atoms with Gasteiger partial charge >= 0.3 is 0 Å². The first kappa shape index (κ1) is 23.2. The monoisotopic (exact) mass is 494 g/mol. The molecule has 1 aliphatic rings. The number of carbonyl (C=O) groups is 1. The summed E-state index contributed by atoms with van der Waals surface area (Å²) in [4.78, 5) is 33.1. The van der Waals surface area contributed by atoms with Crippen LogP contribution in [-0.2, 0) is 17.9 Å². The van der Waals surface area contributed by atoms with Crippen molar-refractivity contribution in [3.05, 3.63) is 93.1 Å². The maximum atomic E-state index is 13.5. The molecular formula is C26H24F2N4O2S. The number of nitrogens with one attached hydrogen (secondary N) is 1. The molecule has 35 heavy (non-hydrogen) atoms. The molecule has 3 heterocycles. The molecule has 0 saturated carbocycles. The second-order valence-electron chi connectivity index (χ2n) is 8.70. The van der Waals surface area contributed by atoms with E-state index in [4.69, 9.17) is 4.98 Å². The number of benzene rings is 2. The molecule has 1 saturated heterocycles. The van der Waals surface area contributed by atoms with Gasteiger partial charge in [-0.05, 0) is 47.5 Å². The molecule has 0 radical (unpaired) electrons. The van der Waals surface area contributed by atoms with Gasteiger partial charge in [0.2, 0.25) is 11.9 Å². The number of nitrogens with zero attached hydrogens (tertiary/aromatic N) is 3.